The fourth-order valence-electron chi connectivity index (χ4n) is 0.968. The van der Waals surface area contributed by atoms with E-state index >= 15 is 0 Å². The van der Waals surface area contributed by atoms with Crippen molar-refractivity contribution in [2.75, 3.05) is 5.73 Å². The highest BCUT2D eigenvalue weighted by Crippen LogP contribution is 1.99. The molecule has 0 bridgehead atoms. The summed E-state index contributed by atoms with van der Waals surface area (Å²) < 4.78 is 0. The predicted octanol–water partition coefficient (Wildman–Crippen LogP) is 0.345. The number of nitrogens with two attached hydrogens (primary N) is 1. The zero-order chi connectivity index (χ0) is 10.5. The molecule has 0 radical (unpaired) electrons. The summed E-state index contributed by atoms with van der Waals surface area (Å²) >= 11 is 0. The number of H-pyrrole nitrogens is 2. The number of hydrogen-bond donors (Lipinski definition) is 3. The van der Waals surface area contributed by atoms with Crippen molar-refractivity contribution in [3.8, 4) is 0 Å². The van der Waals surface area contributed by atoms with E-state index in [2.05, 4.69) is 29.9 Å². The Labute approximate surface area is 84.8 Å². The fraction of sp³-hybridized carbons (Fsp3) is 0. The Morgan fingerprint density at radius 1 is 1.13 bits per heavy atom. The molecule has 76 valence electrons. The van der Waals surface area contributed by atoms with E-state index in [9.17, 15) is 0 Å². The molecule has 0 aliphatic carbocycles. The Morgan fingerprint density at radius 3 is 2.67 bits per heavy atom. The molecule has 0 aliphatic rings. The third-order valence-electron chi connectivity index (χ3n) is 1.62. The van der Waals surface area contributed by atoms with E-state index in [1.54, 1.807) is 24.9 Å². The van der Waals surface area contributed by atoms with Crippen LogP contribution in [0.25, 0.3) is 11.2 Å². The molecule has 4 N–H and O–H groups in total. The van der Waals surface area contributed by atoms with E-state index in [-0.39, 0.29) is 0 Å². The molecule has 0 saturated heterocycles. The standard InChI is InChI=1S/C5H4N4.C3H5N3/c1-4-5(8-2-6-1)9-3-7-4;4-3-5-1-2-6-3/h1-3H,(H,6,7,8,9);1-2H,(H3,4,5,6). The van der Waals surface area contributed by atoms with Crippen molar-refractivity contribution >= 4 is 17.1 Å². The van der Waals surface area contributed by atoms with Crippen LogP contribution in [0.1, 0.15) is 0 Å². The molecule has 0 saturated carbocycles. The lowest BCUT2D eigenvalue weighted by atomic mass is 10.6. The highest BCUT2D eigenvalue weighted by Gasteiger charge is 1.91. The van der Waals surface area contributed by atoms with Gasteiger partial charge in [-0.05, 0) is 0 Å². The number of aromatic nitrogens is 6. The van der Waals surface area contributed by atoms with Gasteiger partial charge in [-0.25, -0.2) is 19.9 Å². The summed E-state index contributed by atoms with van der Waals surface area (Å²) in [7, 11) is 0. The minimum absolute atomic E-state index is 0.468. The van der Waals surface area contributed by atoms with Crippen LogP contribution in [0.2, 0.25) is 0 Å². The number of hydrogen-bond acceptors (Lipinski definition) is 5. The van der Waals surface area contributed by atoms with Crippen molar-refractivity contribution in [3.63, 3.8) is 0 Å². The molecule has 15 heavy (non-hydrogen) atoms. The molecule has 0 unspecified atom stereocenters. The molecule has 0 amide bonds. The first-order valence-corrected chi connectivity index (χ1v) is 4.20. The number of anilines is 1. The van der Waals surface area contributed by atoms with E-state index in [0.29, 0.717) is 11.6 Å². The Kier molecular flexibility index (Phi) is 2.54. The van der Waals surface area contributed by atoms with Crippen LogP contribution in [0.15, 0.2) is 31.2 Å². The topological polar surface area (TPSA) is 109 Å². The van der Waals surface area contributed by atoms with E-state index < -0.39 is 0 Å². The number of aromatic amines is 2. The van der Waals surface area contributed by atoms with Gasteiger partial charge in [-0.3, -0.25) is 0 Å². The van der Waals surface area contributed by atoms with Gasteiger partial charge >= 0.3 is 0 Å². The van der Waals surface area contributed by atoms with Crippen LogP contribution in [0, 0.1) is 0 Å². The normalized spacial score (nSPS) is 9.60. The van der Waals surface area contributed by atoms with Crippen molar-refractivity contribution in [1.82, 2.24) is 29.9 Å². The average molecular weight is 203 g/mol. The van der Waals surface area contributed by atoms with Crippen molar-refractivity contribution in [1.29, 1.82) is 0 Å². The van der Waals surface area contributed by atoms with Crippen LogP contribution < -0.4 is 5.73 Å². The summed E-state index contributed by atoms with van der Waals surface area (Å²) in [5.74, 6) is 0.468. The van der Waals surface area contributed by atoms with Gasteiger partial charge in [0.05, 0.1) is 12.5 Å². The quantitative estimate of drug-likeness (QED) is 0.488. The van der Waals surface area contributed by atoms with Crippen LogP contribution in [-0.2, 0) is 0 Å². The monoisotopic (exact) mass is 203 g/mol. The Morgan fingerprint density at radius 2 is 2.07 bits per heavy atom. The fourth-order valence-corrected chi connectivity index (χ4v) is 0.968. The molecule has 0 aromatic carbocycles. The van der Waals surface area contributed by atoms with Gasteiger partial charge in [0.15, 0.2) is 11.6 Å². The van der Waals surface area contributed by atoms with E-state index in [1.807, 2.05) is 0 Å². The molecule has 7 nitrogen and oxygen atoms in total. The molecule has 0 spiro atoms. The first-order valence-electron chi connectivity index (χ1n) is 4.20. The van der Waals surface area contributed by atoms with Gasteiger partial charge in [-0.2, -0.15) is 0 Å². The third-order valence-corrected chi connectivity index (χ3v) is 1.62. The number of nitrogen functional groups attached to an aromatic ring is 1. The van der Waals surface area contributed by atoms with Crippen LogP contribution in [0.5, 0.6) is 0 Å². The van der Waals surface area contributed by atoms with Crippen LogP contribution in [0.4, 0.5) is 5.95 Å². The van der Waals surface area contributed by atoms with Crippen molar-refractivity contribution in [2.45, 2.75) is 0 Å². The van der Waals surface area contributed by atoms with Crippen molar-refractivity contribution < 1.29 is 0 Å². The molecule has 3 aromatic heterocycles. The smallest absolute Gasteiger partial charge is 0.197 e. The largest absolute Gasteiger partial charge is 0.369 e. The Hall–Kier alpha value is -2.44. The van der Waals surface area contributed by atoms with E-state index in [1.165, 1.54) is 6.33 Å². The lowest BCUT2D eigenvalue weighted by Crippen LogP contribution is -1.83. The number of nitrogens with zero attached hydrogens (tertiary/aromatic N) is 4. The second-order valence-electron chi connectivity index (χ2n) is 2.64. The van der Waals surface area contributed by atoms with Crippen LogP contribution >= 0.6 is 0 Å². The second kappa shape index (κ2) is 4.18. The number of imidazole rings is 2. The van der Waals surface area contributed by atoms with Gasteiger partial charge in [0, 0.05) is 12.4 Å². The third kappa shape index (κ3) is 2.27. The summed E-state index contributed by atoms with van der Waals surface area (Å²) in [4.78, 5) is 20.8. The maximum Gasteiger partial charge on any atom is 0.197 e. The van der Waals surface area contributed by atoms with Gasteiger partial charge in [-0.15, -0.1) is 0 Å². The molecular weight excluding hydrogens is 194 g/mol. The molecule has 0 atom stereocenters. The maximum absolute atomic E-state index is 5.11. The summed E-state index contributed by atoms with van der Waals surface area (Å²) in [6, 6.07) is 0. The van der Waals surface area contributed by atoms with Crippen molar-refractivity contribution in [2.24, 2.45) is 0 Å². The first kappa shape index (κ1) is 9.13. The lowest BCUT2D eigenvalue weighted by Gasteiger charge is -1.80. The molecule has 3 aromatic rings. The van der Waals surface area contributed by atoms with Gasteiger partial charge in [0.25, 0.3) is 0 Å². The zero-order valence-corrected chi connectivity index (χ0v) is 7.75. The minimum Gasteiger partial charge on any atom is -0.369 e. The minimum atomic E-state index is 0.468. The highest BCUT2D eigenvalue weighted by molar-refractivity contribution is 5.67. The average Bonchev–Trinajstić information content (AvgIpc) is 2.88. The summed E-state index contributed by atoms with van der Waals surface area (Å²) in [5, 5.41) is 0. The number of rotatable bonds is 0. The SMILES string of the molecule is Nc1ncc[nH]1.c1ncc2[nH]cnc2n1. The predicted molar refractivity (Wildman–Crippen MR) is 54.7 cm³/mol. The molecular formula is C8H9N7. The maximum atomic E-state index is 5.11. The molecule has 0 aliphatic heterocycles. The summed E-state index contributed by atoms with van der Waals surface area (Å²) in [5.41, 5.74) is 6.70. The molecule has 7 heteroatoms. The molecule has 3 heterocycles. The molecule has 3 rings (SSSR count). The highest BCUT2D eigenvalue weighted by atomic mass is 15.0. The van der Waals surface area contributed by atoms with Gasteiger partial charge in [0.1, 0.15) is 11.8 Å². The van der Waals surface area contributed by atoms with E-state index in [4.69, 9.17) is 5.73 Å². The van der Waals surface area contributed by atoms with Gasteiger partial charge < -0.3 is 15.7 Å². The van der Waals surface area contributed by atoms with Gasteiger partial charge in [0.2, 0.25) is 0 Å². The second-order valence-corrected chi connectivity index (χ2v) is 2.64. The first-order chi connectivity index (χ1) is 7.36. The van der Waals surface area contributed by atoms with Crippen LogP contribution in [0.3, 0.4) is 0 Å². The number of fused-ring (bicyclic) bond motifs is 1. The van der Waals surface area contributed by atoms with Crippen LogP contribution in [-0.4, -0.2) is 29.9 Å². The van der Waals surface area contributed by atoms with Gasteiger partial charge in [-0.1, -0.05) is 0 Å². The zero-order valence-electron chi connectivity index (χ0n) is 7.75. The Balaban J connectivity index is 0.000000124. The van der Waals surface area contributed by atoms with E-state index in [0.717, 1.165) is 5.52 Å². The van der Waals surface area contributed by atoms with Crippen molar-refractivity contribution in [3.05, 3.63) is 31.2 Å². The summed E-state index contributed by atoms with van der Waals surface area (Å²) in [6.07, 6.45) is 8.04. The Bertz CT molecular complexity index is 482. The number of nitrogens with one attached hydrogen (secondary N) is 2. The summed E-state index contributed by atoms with van der Waals surface area (Å²) in [6.45, 7) is 0. The molecule has 0 fully saturated rings. The lowest BCUT2D eigenvalue weighted by molar-refractivity contribution is 1.20.